The highest BCUT2D eigenvalue weighted by Crippen LogP contribution is 2.33. The predicted molar refractivity (Wildman–Crippen MR) is 126 cm³/mol. The largest absolute Gasteiger partial charge is 0.332 e. The van der Waals surface area contributed by atoms with Gasteiger partial charge >= 0.3 is 0 Å². The Morgan fingerprint density at radius 3 is 2.45 bits per heavy atom. The second-order valence-electron chi connectivity index (χ2n) is 6.87. The molecule has 0 spiro atoms. The number of nitrogens with one attached hydrogen (secondary N) is 1. The molecule has 2 amide bonds. The molecule has 0 aromatic heterocycles. The average molecular weight is 494 g/mol. The van der Waals surface area contributed by atoms with Crippen molar-refractivity contribution < 1.29 is 9.59 Å². The highest BCUT2D eigenvalue weighted by molar-refractivity contribution is 9.10. The van der Waals surface area contributed by atoms with Crippen LogP contribution in [0.1, 0.15) is 21.5 Å². The van der Waals surface area contributed by atoms with Gasteiger partial charge in [-0.25, -0.2) is 0 Å². The maximum atomic E-state index is 13.1. The van der Waals surface area contributed by atoms with Crippen molar-refractivity contribution in [3.63, 3.8) is 0 Å². The number of carbonyl (C=O) groups excluding carboxylic acids is 2. The number of aryl methyl sites for hydroxylation is 1. The molecule has 31 heavy (non-hydrogen) atoms. The molecule has 156 valence electrons. The second kappa shape index (κ2) is 10.3. The molecule has 1 N–H and O–H groups in total. The number of amides is 2. The van der Waals surface area contributed by atoms with E-state index in [-0.39, 0.29) is 18.4 Å². The molecule has 0 bridgehead atoms. The van der Waals surface area contributed by atoms with E-state index < -0.39 is 0 Å². The highest BCUT2D eigenvalue weighted by Gasteiger charge is 2.19. The molecule has 3 aromatic carbocycles. The first kappa shape index (κ1) is 22.6. The van der Waals surface area contributed by atoms with Crippen LogP contribution < -0.4 is 5.32 Å². The van der Waals surface area contributed by atoms with Gasteiger partial charge in [0.05, 0.1) is 17.7 Å². The first-order valence-electron chi connectivity index (χ1n) is 9.46. The van der Waals surface area contributed by atoms with Crippen LogP contribution in [0.5, 0.6) is 0 Å². The molecule has 0 aliphatic rings. The topological polar surface area (TPSA) is 73.2 Å². The molecule has 0 saturated heterocycles. The average Bonchev–Trinajstić information content (AvgIpc) is 2.76. The Kier molecular flexibility index (Phi) is 7.50. The molecule has 7 heteroatoms. The van der Waals surface area contributed by atoms with Crippen LogP contribution >= 0.6 is 27.7 Å². The minimum Gasteiger partial charge on any atom is -0.332 e. The monoisotopic (exact) mass is 493 g/mol. The molecular weight excluding hydrogens is 474 g/mol. The molecule has 0 radical (unpaired) electrons. The van der Waals surface area contributed by atoms with Gasteiger partial charge in [0.1, 0.15) is 6.07 Å². The van der Waals surface area contributed by atoms with E-state index in [9.17, 15) is 14.9 Å². The molecular formula is C24H20BrN3O2S. The molecule has 3 aromatic rings. The van der Waals surface area contributed by atoms with Crippen LogP contribution in [0.3, 0.4) is 0 Å². The van der Waals surface area contributed by atoms with Gasteiger partial charge < -0.3 is 10.2 Å². The van der Waals surface area contributed by atoms with Crippen LogP contribution in [0.25, 0.3) is 0 Å². The minimum atomic E-state index is -0.277. The zero-order valence-electron chi connectivity index (χ0n) is 17.1. The van der Waals surface area contributed by atoms with Gasteiger partial charge in [-0.1, -0.05) is 52.0 Å². The van der Waals surface area contributed by atoms with Gasteiger partial charge in [0.25, 0.3) is 5.91 Å². The van der Waals surface area contributed by atoms with Gasteiger partial charge in [-0.15, -0.1) is 0 Å². The normalized spacial score (nSPS) is 10.3. The molecule has 3 rings (SSSR count). The molecule has 0 saturated carbocycles. The fourth-order valence-electron chi connectivity index (χ4n) is 2.95. The molecule has 0 aliphatic carbocycles. The smallest absolute Gasteiger partial charge is 0.255 e. The standard InChI is InChI=1S/C24H20BrN3O2S/c1-16-13-18(25)11-12-20(16)27-23(29)15-28(2)24(30)19-8-4-6-10-22(19)31-21-9-5-3-7-17(21)14-26/h3-13H,15H2,1-2H3,(H,27,29). The lowest BCUT2D eigenvalue weighted by Gasteiger charge is -2.19. The van der Waals surface area contributed by atoms with Gasteiger partial charge in [0.2, 0.25) is 5.91 Å². The van der Waals surface area contributed by atoms with E-state index in [4.69, 9.17) is 0 Å². The minimum absolute atomic E-state index is 0.0812. The third kappa shape index (κ3) is 5.75. The highest BCUT2D eigenvalue weighted by atomic mass is 79.9. The van der Waals surface area contributed by atoms with Crippen molar-refractivity contribution in [2.75, 3.05) is 18.9 Å². The first-order chi connectivity index (χ1) is 14.9. The van der Waals surface area contributed by atoms with Gasteiger partial charge in [-0.2, -0.15) is 5.26 Å². The van der Waals surface area contributed by atoms with Crippen LogP contribution in [0, 0.1) is 18.3 Å². The Balaban J connectivity index is 1.73. The summed E-state index contributed by atoms with van der Waals surface area (Å²) in [5, 5.41) is 12.2. The van der Waals surface area contributed by atoms with Gasteiger partial charge in [-0.3, -0.25) is 9.59 Å². The summed E-state index contributed by atoms with van der Waals surface area (Å²) in [6.45, 7) is 1.82. The number of carbonyl (C=O) groups is 2. The number of nitriles is 1. The molecule has 0 aliphatic heterocycles. The quantitative estimate of drug-likeness (QED) is 0.492. The number of anilines is 1. The summed E-state index contributed by atoms with van der Waals surface area (Å²) in [5.41, 5.74) is 2.66. The van der Waals surface area contributed by atoms with E-state index in [0.717, 1.165) is 19.8 Å². The van der Waals surface area contributed by atoms with Crippen LogP contribution in [0.2, 0.25) is 0 Å². The van der Waals surface area contributed by atoms with Crippen molar-refractivity contribution in [2.45, 2.75) is 16.7 Å². The fraction of sp³-hybridized carbons (Fsp3) is 0.125. The zero-order chi connectivity index (χ0) is 22.4. The van der Waals surface area contributed by atoms with Crippen molar-refractivity contribution in [3.8, 4) is 6.07 Å². The Bertz CT molecular complexity index is 1170. The summed E-state index contributed by atoms with van der Waals surface area (Å²) in [7, 11) is 1.60. The second-order valence-corrected chi connectivity index (χ2v) is 8.87. The Labute approximate surface area is 194 Å². The van der Waals surface area contributed by atoms with Crippen molar-refractivity contribution in [3.05, 3.63) is 87.9 Å². The SMILES string of the molecule is Cc1cc(Br)ccc1NC(=O)CN(C)C(=O)c1ccccc1Sc1ccccc1C#N. The fourth-order valence-corrected chi connectivity index (χ4v) is 4.44. The summed E-state index contributed by atoms with van der Waals surface area (Å²) in [4.78, 5) is 28.5. The molecule has 0 heterocycles. The summed E-state index contributed by atoms with van der Waals surface area (Å²) < 4.78 is 0.933. The summed E-state index contributed by atoms with van der Waals surface area (Å²) in [5.74, 6) is -0.540. The molecule has 0 fully saturated rings. The van der Waals surface area contributed by atoms with Crippen LogP contribution in [-0.4, -0.2) is 30.3 Å². The van der Waals surface area contributed by atoms with E-state index in [0.29, 0.717) is 16.8 Å². The maximum Gasteiger partial charge on any atom is 0.255 e. The third-order valence-electron chi connectivity index (χ3n) is 4.53. The van der Waals surface area contributed by atoms with Gasteiger partial charge in [0, 0.05) is 27.0 Å². The van der Waals surface area contributed by atoms with Crippen molar-refractivity contribution in [2.24, 2.45) is 0 Å². The van der Waals surface area contributed by atoms with Crippen molar-refractivity contribution >= 4 is 45.2 Å². The molecule has 0 atom stereocenters. The lowest BCUT2D eigenvalue weighted by atomic mass is 10.2. The number of rotatable bonds is 6. The maximum absolute atomic E-state index is 13.1. The van der Waals surface area contributed by atoms with E-state index in [2.05, 4.69) is 27.3 Å². The zero-order valence-corrected chi connectivity index (χ0v) is 19.5. The lowest BCUT2D eigenvalue weighted by molar-refractivity contribution is -0.116. The van der Waals surface area contributed by atoms with E-state index in [1.165, 1.54) is 16.7 Å². The van der Waals surface area contributed by atoms with Crippen LogP contribution in [0.4, 0.5) is 5.69 Å². The Morgan fingerprint density at radius 1 is 1.06 bits per heavy atom. The summed E-state index contributed by atoms with van der Waals surface area (Å²) in [6, 6.07) is 22.2. The summed E-state index contributed by atoms with van der Waals surface area (Å²) in [6.07, 6.45) is 0. The lowest BCUT2D eigenvalue weighted by Crippen LogP contribution is -2.35. The number of likely N-dealkylation sites (N-methyl/N-ethyl adjacent to an activating group) is 1. The van der Waals surface area contributed by atoms with E-state index in [1.54, 1.807) is 31.3 Å². The number of hydrogen-bond donors (Lipinski definition) is 1. The Hall–Kier alpha value is -3.08. The number of benzene rings is 3. The van der Waals surface area contributed by atoms with Crippen LogP contribution in [-0.2, 0) is 4.79 Å². The number of nitrogens with zero attached hydrogens (tertiary/aromatic N) is 2. The third-order valence-corrected chi connectivity index (χ3v) is 6.18. The van der Waals surface area contributed by atoms with Crippen LogP contribution in [0.15, 0.2) is 81.0 Å². The van der Waals surface area contributed by atoms with Gasteiger partial charge in [-0.05, 0) is 55.0 Å². The molecule has 5 nitrogen and oxygen atoms in total. The number of hydrogen-bond acceptors (Lipinski definition) is 4. The first-order valence-corrected chi connectivity index (χ1v) is 11.1. The Morgan fingerprint density at radius 2 is 1.74 bits per heavy atom. The predicted octanol–water partition coefficient (Wildman–Crippen LogP) is 5.49. The number of halogens is 1. The van der Waals surface area contributed by atoms with Crippen molar-refractivity contribution in [1.29, 1.82) is 5.26 Å². The van der Waals surface area contributed by atoms with Crippen molar-refractivity contribution in [1.82, 2.24) is 4.90 Å². The van der Waals surface area contributed by atoms with E-state index in [1.807, 2.05) is 49.4 Å². The van der Waals surface area contributed by atoms with E-state index >= 15 is 0 Å². The summed E-state index contributed by atoms with van der Waals surface area (Å²) >= 11 is 4.76. The molecule has 0 unspecified atom stereocenters. The van der Waals surface area contributed by atoms with Gasteiger partial charge in [0.15, 0.2) is 0 Å².